The lowest BCUT2D eigenvalue weighted by molar-refractivity contribution is -0.0284. The van der Waals surface area contributed by atoms with Gasteiger partial charge in [-0.25, -0.2) is 4.98 Å². The summed E-state index contributed by atoms with van der Waals surface area (Å²) in [6.45, 7) is 3.98. The van der Waals surface area contributed by atoms with Gasteiger partial charge in [-0.15, -0.1) is 0 Å². The third-order valence-electron chi connectivity index (χ3n) is 5.34. The van der Waals surface area contributed by atoms with Crippen LogP contribution in [0.25, 0.3) is 0 Å². The molecule has 2 aliphatic rings. The minimum Gasteiger partial charge on any atom is -0.383 e. The Bertz CT molecular complexity index is 677. The molecular formula is C19H27N5O. The average molecular weight is 341 g/mol. The van der Waals surface area contributed by atoms with Gasteiger partial charge in [-0.1, -0.05) is 0 Å². The monoisotopic (exact) mass is 341 g/mol. The number of aryl methyl sites for hydroxylation is 1. The second kappa shape index (κ2) is 7.44. The van der Waals surface area contributed by atoms with Crippen LogP contribution in [0.3, 0.4) is 0 Å². The summed E-state index contributed by atoms with van der Waals surface area (Å²) in [4.78, 5) is 6.98. The molecule has 6 nitrogen and oxygen atoms in total. The smallest absolute Gasteiger partial charge is 0.128 e. The van der Waals surface area contributed by atoms with E-state index in [1.54, 1.807) is 0 Å². The second-order valence-corrected chi connectivity index (χ2v) is 7.05. The summed E-state index contributed by atoms with van der Waals surface area (Å²) in [7, 11) is 1.98. The molecule has 0 unspecified atom stereocenters. The van der Waals surface area contributed by atoms with Crippen molar-refractivity contribution in [1.29, 1.82) is 0 Å². The zero-order valence-electron chi connectivity index (χ0n) is 14.9. The SMILES string of the molecule is Cn1nccc1[C@@H]1OCCC[C@H]1CNc1ccc(N2CCCC2)nc1. The highest BCUT2D eigenvalue weighted by molar-refractivity contribution is 5.49. The van der Waals surface area contributed by atoms with E-state index in [9.17, 15) is 0 Å². The Morgan fingerprint density at radius 3 is 2.80 bits per heavy atom. The van der Waals surface area contributed by atoms with Gasteiger partial charge < -0.3 is 15.0 Å². The maximum Gasteiger partial charge on any atom is 0.128 e. The lowest BCUT2D eigenvalue weighted by Gasteiger charge is -2.32. The Morgan fingerprint density at radius 1 is 1.20 bits per heavy atom. The average Bonchev–Trinajstić information content (AvgIpc) is 3.32. The van der Waals surface area contributed by atoms with Crippen molar-refractivity contribution in [3.05, 3.63) is 36.3 Å². The summed E-state index contributed by atoms with van der Waals surface area (Å²) in [6.07, 6.45) is 8.76. The molecule has 0 aromatic carbocycles. The van der Waals surface area contributed by atoms with Crippen LogP contribution < -0.4 is 10.2 Å². The van der Waals surface area contributed by atoms with Gasteiger partial charge in [-0.2, -0.15) is 5.10 Å². The minimum absolute atomic E-state index is 0.116. The molecular weight excluding hydrogens is 314 g/mol. The molecule has 0 bridgehead atoms. The molecule has 0 aliphatic carbocycles. The second-order valence-electron chi connectivity index (χ2n) is 7.05. The zero-order valence-corrected chi connectivity index (χ0v) is 14.9. The van der Waals surface area contributed by atoms with E-state index in [1.165, 1.54) is 19.3 Å². The predicted molar refractivity (Wildman–Crippen MR) is 98.8 cm³/mol. The van der Waals surface area contributed by atoms with E-state index in [0.29, 0.717) is 5.92 Å². The Balaban J connectivity index is 1.38. The minimum atomic E-state index is 0.116. The van der Waals surface area contributed by atoms with E-state index in [2.05, 4.69) is 38.5 Å². The van der Waals surface area contributed by atoms with Crippen LogP contribution in [0.15, 0.2) is 30.6 Å². The summed E-state index contributed by atoms with van der Waals surface area (Å²) in [5.41, 5.74) is 2.24. The zero-order chi connectivity index (χ0) is 17.1. The van der Waals surface area contributed by atoms with Crippen LogP contribution in [-0.4, -0.2) is 41.0 Å². The van der Waals surface area contributed by atoms with E-state index in [0.717, 1.165) is 49.9 Å². The van der Waals surface area contributed by atoms with Crippen molar-refractivity contribution >= 4 is 11.5 Å². The number of hydrogen-bond acceptors (Lipinski definition) is 5. The first-order valence-corrected chi connectivity index (χ1v) is 9.35. The van der Waals surface area contributed by atoms with Crippen molar-refractivity contribution < 1.29 is 4.74 Å². The molecule has 134 valence electrons. The molecule has 6 heteroatoms. The number of anilines is 2. The Labute approximate surface area is 149 Å². The van der Waals surface area contributed by atoms with Crippen molar-refractivity contribution in [1.82, 2.24) is 14.8 Å². The van der Waals surface area contributed by atoms with Gasteiger partial charge in [0.1, 0.15) is 11.9 Å². The normalized spacial score (nSPS) is 23.8. The summed E-state index contributed by atoms with van der Waals surface area (Å²) in [5, 5.41) is 7.85. The Kier molecular flexibility index (Phi) is 4.88. The molecule has 25 heavy (non-hydrogen) atoms. The van der Waals surface area contributed by atoms with Crippen molar-refractivity contribution in [3.8, 4) is 0 Å². The first-order valence-electron chi connectivity index (χ1n) is 9.35. The molecule has 2 aromatic heterocycles. The lowest BCUT2D eigenvalue weighted by Crippen LogP contribution is -2.29. The van der Waals surface area contributed by atoms with Crippen LogP contribution in [-0.2, 0) is 11.8 Å². The molecule has 2 atom stereocenters. The van der Waals surface area contributed by atoms with Gasteiger partial charge in [0.2, 0.25) is 0 Å². The first-order chi connectivity index (χ1) is 12.3. The van der Waals surface area contributed by atoms with Crippen LogP contribution >= 0.6 is 0 Å². The van der Waals surface area contributed by atoms with E-state index >= 15 is 0 Å². The van der Waals surface area contributed by atoms with E-state index in [1.807, 2.05) is 24.1 Å². The lowest BCUT2D eigenvalue weighted by atomic mass is 9.92. The molecule has 2 aliphatic heterocycles. The molecule has 4 rings (SSSR count). The number of rotatable bonds is 5. The van der Waals surface area contributed by atoms with Crippen LogP contribution in [0.1, 0.15) is 37.5 Å². The summed E-state index contributed by atoms with van der Waals surface area (Å²) >= 11 is 0. The van der Waals surface area contributed by atoms with Crippen LogP contribution in [0.5, 0.6) is 0 Å². The maximum atomic E-state index is 6.07. The highest BCUT2D eigenvalue weighted by atomic mass is 16.5. The van der Waals surface area contributed by atoms with Gasteiger partial charge in [0, 0.05) is 45.4 Å². The number of aromatic nitrogens is 3. The molecule has 2 saturated heterocycles. The third kappa shape index (κ3) is 3.63. The number of nitrogens with zero attached hydrogens (tertiary/aromatic N) is 4. The highest BCUT2D eigenvalue weighted by Gasteiger charge is 2.29. The fourth-order valence-electron chi connectivity index (χ4n) is 3.92. The number of hydrogen-bond donors (Lipinski definition) is 1. The van der Waals surface area contributed by atoms with Crippen molar-refractivity contribution in [2.24, 2.45) is 13.0 Å². The first kappa shape index (κ1) is 16.4. The molecule has 0 saturated carbocycles. The van der Waals surface area contributed by atoms with Gasteiger partial charge >= 0.3 is 0 Å². The summed E-state index contributed by atoms with van der Waals surface area (Å²) in [6, 6.07) is 6.34. The topological polar surface area (TPSA) is 55.2 Å². The fraction of sp³-hybridized carbons (Fsp3) is 0.579. The molecule has 0 radical (unpaired) electrons. The van der Waals surface area contributed by atoms with Gasteiger partial charge in [0.15, 0.2) is 0 Å². The quantitative estimate of drug-likeness (QED) is 0.906. The molecule has 0 spiro atoms. The van der Waals surface area contributed by atoms with Gasteiger partial charge in [-0.05, 0) is 43.9 Å². The van der Waals surface area contributed by atoms with E-state index in [-0.39, 0.29) is 6.10 Å². The summed E-state index contributed by atoms with van der Waals surface area (Å²) < 4.78 is 7.99. The van der Waals surface area contributed by atoms with E-state index < -0.39 is 0 Å². The summed E-state index contributed by atoms with van der Waals surface area (Å²) in [5.74, 6) is 1.54. The molecule has 2 fully saturated rings. The van der Waals surface area contributed by atoms with Crippen molar-refractivity contribution in [3.63, 3.8) is 0 Å². The number of ether oxygens (including phenoxy) is 1. The van der Waals surface area contributed by atoms with Crippen LogP contribution in [0.2, 0.25) is 0 Å². The van der Waals surface area contributed by atoms with Gasteiger partial charge in [-0.3, -0.25) is 4.68 Å². The molecule has 4 heterocycles. The third-order valence-corrected chi connectivity index (χ3v) is 5.34. The molecule has 0 amide bonds. The van der Waals surface area contributed by atoms with Crippen molar-refractivity contribution in [2.75, 3.05) is 36.5 Å². The van der Waals surface area contributed by atoms with Crippen LogP contribution in [0.4, 0.5) is 11.5 Å². The maximum absolute atomic E-state index is 6.07. The molecule has 2 aromatic rings. The van der Waals surface area contributed by atoms with Crippen molar-refractivity contribution in [2.45, 2.75) is 31.8 Å². The molecule has 1 N–H and O–H groups in total. The predicted octanol–water partition coefficient (Wildman–Crippen LogP) is 3.00. The standard InChI is InChI=1S/C19H27N5O/c1-23-17(8-9-22-23)19-15(5-4-12-25-19)13-20-16-6-7-18(21-14-16)24-10-2-3-11-24/h6-9,14-15,19-20H,2-5,10-13H2,1H3/t15-,19+/m0/s1. The fourth-order valence-corrected chi connectivity index (χ4v) is 3.92. The highest BCUT2D eigenvalue weighted by Crippen LogP contribution is 2.33. The van der Waals surface area contributed by atoms with E-state index in [4.69, 9.17) is 4.74 Å². The van der Waals surface area contributed by atoms with Gasteiger partial charge in [0.25, 0.3) is 0 Å². The largest absolute Gasteiger partial charge is 0.383 e. The Hall–Kier alpha value is -2.08. The Morgan fingerprint density at radius 2 is 2.08 bits per heavy atom. The number of pyridine rings is 1. The van der Waals surface area contributed by atoms with Gasteiger partial charge in [0.05, 0.1) is 17.6 Å². The van der Waals surface area contributed by atoms with Crippen LogP contribution in [0, 0.1) is 5.92 Å². The number of nitrogens with one attached hydrogen (secondary N) is 1.